The zero-order valence-corrected chi connectivity index (χ0v) is 15.7. The van der Waals surface area contributed by atoms with E-state index in [1.54, 1.807) is 30.3 Å². The van der Waals surface area contributed by atoms with Crippen molar-refractivity contribution in [3.8, 4) is 0 Å². The molecule has 1 N–H and O–H groups in total. The summed E-state index contributed by atoms with van der Waals surface area (Å²) in [5.41, 5.74) is 1.50. The number of carbonyl (C=O) groups is 2. The predicted molar refractivity (Wildman–Crippen MR) is 107 cm³/mol. The number of nitrogens with one attached hydrogen (secondary N) is 1. The van der Waals surface area contributed by atoms with E-state index < -0.39 is 5.82 Å². The van der Waals surface area contributed by atoms with E-state index >= 15 is 0 Å². The van der Waals surface area contributed by atoms with Crippen LogP contribution < -0.4 is 5.32 Å². The van der Waals surface area contributed by atoms with Gasteiger partial charge in [0.15, 0.2) is 5.78 Å². The van der Waals surface area contributed by atoms with Gasteiger partial charge >= 0.3 is 0 Å². The van der Waals surface area contributed by atoms with Gasteiger partial charge in [-0.3, -0.25) is 9.59 Å². The molecule has 3 nitrogen and oxygen atoms in total. The lowest BCUT2D eigenvalue weighted by molar-refractivity contribution is 0.101. The van der Waals surface area contributed by atoms with Gasteiger partial charge in [-0.15, -0.1) is 11.8 Å². The monoisotopic (exact) mass is 399 g/mol. The van der Waals surface area contributed by atoms with Crippen molar-refractivity contribution in [3.63, 3.8) is 0 Å². The Bertz CT molecular complexity index is 979. The molecule has 0 atom stereocenters. The summed E-state index contributed by atoms with van der Waals surface area (Å²) in [6, 6.07) is 20.0. The van der Waals surface area contributed by atoms with Crippen molar-refractivity contribution in [2.24, 2.45) is 0 Å². The van der Waals surface area contributed by atoms with Gasteiger partial charge in [-0.1, -0.05) is 48.0 Å². The van der Waals surface area contributed by atoms with Crippen LogP contribution in [0.3, 0.4) is 0 Å². The molecule has 0 aliphatic carbocycles. The predicted octanol–water partition coefficient (Wildman–Crippen LogP) is 5.71. The third-order valence-electron chi connectivity index (χ3n) is 3.74. The molecule has 27 heavy (non-hydrogen) atoms. The van der Waals surface area contributed by atoms with Gasteiger partial charge < -0.3 is 5.32 Å². The van der Waals surface area contributed by atoms with Crippen molar-refractivity contribution in [2.75, 3.05) is 11.1 Å². The summed E-state index contributed by atoms with van der Waals surface area (Å²) in [5.74, 6) is -0.579. The molecule has 0 saturated heterocycles. The molecule has 0 aliphatic heterocycles. The second kappa shape index (κ2) is 8.84. The van der Waals surface area contributed by atoms with Crippen molar-refractivity contribution in [1.29, 1.82) is 0 Å². The molecule has 0 spiro atoms. The van der Waals surface area contributed by atoms with Crippen molar-refractivity contribution in [2.45, 2.75) is 4.90 Å². The van der Waals surface area contributed by atoms with Gasteiger partial charge in [-0.25, -0.2) is 4.39 Å². The molecule has 3 aromatic carbocycles. The summed E-state index contributed by atoms with van der Waals surface area (Å²) in [6.07, 6.45) is 0. The van der Waals surface area contributed by atoms with E-state index in [-0.39, 0.29) is 22.5 Å². The van der Waals surface area contributed by atoms with Gasteiger partial charge in [-0.05, 0) is 36.4 Å². The van der Waals surface area contributed by atoms with E-state index in [1.807, 2.05) is 24.3 Å². The number of anilines is 1. The zero-order chi connectivity index (χ0) is 19.2. The van der Waals surface area contributed by atoms with E-state index in [0.29, 0.717) is 16.8 Å². The first-order chi connectivity index (χ1) is 13.0. The Labute approximate surface area is 165 Å². The lowest BCUT2D eigenvalue weighted by Crippen LogP contribution is -2.12. The van der Waals surface area contributed by atoms with E-state index in [4.69, 9.17) is 11.6 Å². The number of carbonyl (C=O) groups excluding carboxylic acids is 2. The Morgan fingerprint density at radius 1 is 0.926 bits per heavy atom. The standard InChI is InChI=1S/C21H15ClFNO2S/c22-18-12-16(9-10-19(18)23)24-21(26)15-7-4-8-17(11-15)27-13-20(25)14-5-2-1-3-6-14/h1-12H,13H2,(H,24,26). The molecule has 0 fully saturated rings. The van der Waals surface area contributed by atoms with E-state index in [0.717, 1.165) is 4.90 Å². The van der Waals surface area contributed by atoms with Gasteiger partial charge in [0, 0.05) is 21.7 Å². The number of hydrogen-bond donors (Lipinski definition) is 1. The SMILES string of the molecule is O=C(CSc1cccc(C(=O)Nc2ccc(F)c(Cl)c2)c1)c1ccccc1. The average molecular weight is 400 g/mol. The number of thioether (sulfide) groups is 1. The fourth-order valence-electron chi connectivity index (χ4n) is 2.36. The Morgan fingerprint density at radius 3 is 2.41 bits per heavy atom. The highest BCUT2D eigenvalue weighted by Gasteiger charge is 2.10. The first kappa shape index (κ1) is 19.1. The fraction of sp³-hybridized carbons (Fsp3) is 0.0476. The third-order valence-corrected chi connectivity index (χ3v) is 5.02. The molecular weight excluding hydrogens is 385 g/mol. The lowest BCUT2D eigenvalue weighted by Gasteiger charge is -2.08. The van der Waals surface area contributed by atoms with Crippen molar-refractivity contribution in [3.05, 3.63) is 94.8 Å². The number of Topliss-reactive ketones (excluding diaryl/α,β-unsaturated/α-hetero) is 1. The van der Waals surface area contributed by atoms with Crippen LogP contribution in [0.1, 0.15) is 20.7 Å². The largest absolute Gasteiger partial charge is 0.322 e. The van der Waals surface area contributed by atoms with Gasteiger partial charge in [0.2, 0.25) is 0 Å². The molecular formula is C21H15ClFNO2S. The summed E-state index contributed by atoms with van der Waals surface area (Å²) in [6.45, 7) is 0. The lowest BCUT2D eigenvalue weighted by atomic mass is 10.2. The summed E-state index contributed by atoms with van der Waals surface area (Å²) >= 11 is 7.09. The summed E-state index contributed by atoms with van der Waals surface area (Å²) in [7, 11) is 0. The molecule has 0 heterocycles. The Hall–Kier alpha value is -2.63. The van der Waals surface area contributed by atoms with Crippen LogP contribution in [0.15, 0.2) is 77.7 Å². The first-order valence-electron chi connectivity index (χ1n) is 8.10. The van der Waals surface area contributed by atoms with Crippen LogP contribution >= 0.6 is 23.4 Å². The second-order valence-corrected chi connectivity index (χ2v) is 7.14. The maximum absolute atomic E-state index is 13.2. The molecule has 0 radical (unpaired) electrons. The Morgan fingerprint density at radius 2 is 1.67 bits per heavy atom. The number of ketones is 1. The minimum absolute atomic E-state index is 0.0245. The van der Waals surface area contributed by atoms with E-state index in [2.05, 4.69) is 5.32 Å². The van der Waals surface area contributed by atoms with Crippen LogP contribution in [0.25, 0.3) is 0 Å². The molecule has 3 aromatic rings. The van der Waals surface area contributed by atoms with Crippen LogP contribution in [0.2, 0.25) is 5.02 Å². The summed E-state index contributed by atoms with van der Waals surface area (Å²) < 4.78 is 13.2. The first-order valence-corrected chi connectivity index (χ1v) is 9.47. The van der Waals surface area contributed by atoms with Gasteiger partial charge in [-0.2, -0.15) is 0 Å². The minimum atomic E-state index is -0.545. The zero-order valence-electron chi connectivity index (χ0n) is 14.1. The topological polar surface area (TPSA) is 46.2 Å². The molecule has 0 bridgehead atoms. The molecule has 0 saturated carbocycles. The van der Waals surface area contributed by atoms with Crippen LogP contribution in [-0.2, 0) is 0 Å². The quantitative estimate of drug-likeness (QED) is 0.426. The molecule has 136 valence electrons. The van der Waals surface area contributed by atoms with Crippen LogP contribution in [0, 0.1) is 5.82 Å². The smallest absolute Gasteiger partial charge is 0.255 e. The van der Waals surface area contributed by atoms with E-state index in [1.165, 1.54) is 30.0 Å². The molecule has 0 aliphatic rings. The fourth-order valence-corrected chi connectivity index (χ4v) is 3.39. The second-order valence-electron chi connectivity index (χ2n) is 5.69. The van der Waals surface area contributed by atoms with Gasteiger partial charge in [0.05, 0.1) is 10.8 Å². The summed E-state index contributed by atoms with van der Waals surface area (Å²) in [5, 5.41) is 2.62. The third kappa shape index (κ3) is 5.18. The number of benzene rings is 3. The highest BCUT2D eigenvalue weighted by atomic mass is 35.5. The molecule has 3 rings (SSSR count). The maximum Gasteiger partial charge on any atom is 0.255 e. The number of hydrogen-bond acceptors (Lipinski definition) is 3. The highest BCUT2D eigenvalue weighted by Crippen LogP contribution is 2.23. The Balaban J connectivity index is 1.65. The van der Waals surface area contributed by atoms with Crippen LogP contribution in [-0.4, -0.2) is 17.4 Å². The average Bonchev–Trinajstić information content (AvgIpc) is 2.70. The normalized spacial score (nSPS) is 10.4. The van der Waals surface area contributed by atoms with Gasteiger partial charge in [0.25, 0.3) is 5.91 Å². The van der Waals surface area contributed by atoms with E-state index in [9.17, 15) is 14.0 Å². The van der Waals surface area contributed by atoms with Crippen molar-refractivity contribution < 1.29 is 14.0 Å². The Kier molecular flexibility index (Phi) is 6.27. The van der Waals surface area contributed by atoms with Crippen LogP contribution in [0.4, 0.5) is 10.1 Å². The van der Waals surface area contributed by atoms with Crippen molar-refractivity contribution in [1.82, 2.24) is 0 Å². The number of rotatable bonds is 6. The summed E-state index contributed by atoms with van der Waals surface area (Å²) in [4.78, 5) is 25.4. The molecule has 1 amide bonds. The van der Waals surface area contributed by atoms with Crippen LogP contribution in [0.5, 0.6) is 0 Å². The number of halogens is 2. The number of amides is 1. The molecule has 0 aromatic heterocycles. The highest BCUT2D eigenvalue weighted by molar-refractivity contribution is 8.00. The molecule has 6 heteroatoms. The molecule has 0 unspecified atom stereocenters. The van der Waals surface area contributed by atoms with Gasteiger partial charge in [0.1, 0.15) is 5.82 Å². The maximum atomic E-state index is 13.2. The van der Waals surface area contributed by atoms with Crippen molar-refractivity contribution >= 4 is 40.7 Å². The minimum Gasteiger partial charge on any atom is -0.322 e.